The van der Waals surface area contributed by atoms with Crippen LogP contribution in [0.4, 0.5) is 10.5 Å². The molecule has 3 rings (SSSR count). The molecule has 0 radical (unpaired) electrons. The first kappa shape index (κ1) is 11.3. The molecular weight excluding hydrogens is 224 g/mol. The van der Waals surface area contributed by atoms with E-state index >= 15 is 0 Å². The Balaban J connectivity index is 1.70. The predicted octanol–water partition coefficient (Wildman–Crippen LogP) is 3.53. The lowest BCUT2D eigenvalue weighted by Crippen LogP contribution is -2.31. The first-order valence-electron chi connectivity index (χ1n) is 6.59. The van der Waals surface area contributed by atoms with E-state index < -0.39 is 0 Å². The number of hydrogen-bond acceptors (Lipinski definition) is 1. The van der Waals surface area contributed by atoms with E-state index in [2.05, 4.69) is 11.4 Å². The van der Waals surface area contributed by atoms with Crippen LogP contribution in [0.25, 0.3) is 0 Å². The Morgan fingerprint density at radius 1 is 1.28 bits per heavy atom. The summed E-state index contributed by atoms with van der Waals surface area (Å²) < 4.78 is 0. The summed E-state index contributed by atoms with van der Waals surface area (Å²) in [4.78, 5) is 14.1. The van der Waals surface area contributed by atoms with Gasteiger partial charge in [-0.05, 0) is 38.3 Å². The van der Waals surface area contributed by atoms with E-state index in [0.717, 1.165) is 25.1 Å². The van der Waals surface area contributed by atoms with Crippen LogP contribution in [-0.4, -0.2) is 17.5 Å². The number of rotatable bonds is 1. The molecule has 0 bridgehead atoms. The number of fused-ring (bicyclic) bond motifs is 1. The highest BCUT2D eigenvalue weighted by molar-refractivity contribution is 5.90. The molecule has 1 aliphatic heterocycles. The molecule has 1 aromatic carbocycles. The molecule has 1 fully saturated rings. The Kier molecular flexibility index (Phi) is 2.82. The van der Waals surface area contributed by atoms with Gasteiger partial charge in [0.05, 0.1) is 0 Å². The highest BCUT2D eigenvalue weighted by Gasteiger charge is 2.33. The number of hydrogen-bond donors (Lipinski definition) is 1. The fourth-order valence-corrected chi connectivity index (χ4v) is 2.83. The summed E-state index contributed by atoms with van der Waals surface area (Å²) in [7, 11) is 0. The molecule has 94 valence electrons. The van der Waals surface area contributed by atoms with Gasteiger partial charge in [-0.25, -0.2) is 4.79 Å². The van der Waals surface area contributed by atoms with Crippen LogP contribution in [0.2, 0.25) is 0 Å². The normalized spacial score (nSPS) is 21.7. The van der Waals surface area contributed by atoms with Crippen LogP contribution in [0.1, 0.15) is 24.8 Å². The van der Waals surface area contributed by atoms with Gasteiger partial charge in [0.25, 0.3) is 0 Å². The summed E-state index contributed by atoms with van der Waals surface area (Å²) in [5, 5.41) is 2.97. The Bertz CT molecular complexity index is 490. The Hall–Kier alpha value is -1.77. The first-order chi connectivity index (χ1) is 8.74. The van der Waals surface area contributed by atoms with E-state index in [1.54, 1.807) is 0 Å². The minimum Gasteiger partial charge on any atom is -0.308 e. The predicted molar refractivity (Wildman–Crippen MR) is 72.3 cm³/mol. The molecule has 3 heteroatoms. The van der Waals surface area contributed by atoms with Crippen molar-refractivity contribution in [1.29, 1.82) is 0 Å². The van der Waals surface area contributed by atoms with Crippen molar-refractivity contribution in [3.05, 3.63) is 41.6 Å². The van der Waals surface area contributed by atoms with Gasteiger partial charge in [0.2, 0.25) is 0 Å². The van der Waals surface area contributed by atoms with Gasteiger partial charge in [0, 0.05) is 23.8 Å². The average Bonchev–Trinajstić information content (AvgIpc) is 2.93. The molecule has 2 aliphatic rings. The van der Waals surface area contributed by atoms with Gasteiger partial charge in [-0.3, -0.25) is 4.90 Å². The number of amides is 2. The van der Waals surface area contributed by atoms with E-state index in [0.29, 0.717) is 5.92 Å². The van der Waals surface area contributed by atoms with Crippen molar-refractivity contribution in [3.63, 3.8) is 0 Å². The molecule has 0 saturated carbocycles. The number of carbonyl (C=O) groups excluding carboxylic acids is 1. The van der Waals surface area contributed by atoms with Crippen molar-refractivity contribution in [3.8, 4) is 0 Å². The van der Waals surface area contributed by atoms with E-state index in [9.17, 15) is 4.79 Å². The average molecular weight is 242 g/mol. The summed E-state index contributed by atoms with van der Waals surface area (Å²) in [5.41, 5.74) is 3.31. The molecule has 1 aromatic rings. The second kappa shape index (κ2) is 4.48. The number of likely N-dealkylation sites (tertiary alicyclic amines) is 1. The lowest BCUT2D eigenvalue weighted by Gasteiger charge is -2.18. The molecule has 0 spiro atoms. The number of nitrogens with one attached hydrogen (secondary N) is 1. The van der Waals surface area contributed by atoms with Gasteiger partial charge >= 0.3 is 6.03 Å². The fourth-order valence-electron chi connectivity index (χ4n) is 2.83. The zero-order valence-corrected chi connectivity index (χ0v) is 10.6. The minimum atomic E-state index is 0.00880. The molecule has 1 saturated heterocycles. The van der Waals surface area contributed by atoms with Gasteiger partial charge in [-0.2, -0.15) is 0 Å². The van der Waals surface area contributed by atoms with Crippen molar-refractivity contribution in [2.45, 2.75) is 26.2 Å². The SMILES string of the molecule is Cc1ccc(NC(=O)N2CCC3CCC=C32)cc1. The molecule has 1 aliphatic carbocycles. The number of carbonyl (C=O) groups is 1. The zero-order chi connectivity index (χ0) is 12.5. The molecule has 1 N–H and O–H groups in total. The third kappa shape index (κ3) is 2.01. The minimum absolute atomic E-state index is 0.00880. The third-order valence-electron chi connectivity index (χ3n) is 3.85. The van der Waals surface area contributed by atoms with E-state index in [4.69, 9.17) is 0 Å². The van der Waals surface area contributed by atoms with Crippen molar-refractivity contribution in [1.82, 2.24) is 4.90 Å². The summed E-state index contributed by atoms with van der Waals surface area (Å²) in [6.07, 6.45) is 5.66. The summed E-state index contributed by atoms with van der Waals surface area (Å²) in [5.74, 6) is 0.619. The largest absolute Gasteiger partial charge is 0.326 e. The van der Waals surface area contributed by atoms with E-state index in [1.165, 1.54) is 17.7 Å². The second-order valence-electron chi connectivity index (χ2n) is 5.14. The summed E-state index contributed by atoms with van der Waals surface area (Å²) in [6.45, 7) is 2.90. The van der Waals surface area contributed by atoms with Crippen molar-refractivity contribution in [2.24, 2.45) is 5.92 Å². The number of anilines is 1. The number of benzene rings is 1. The number of allylic oxidation sites excluding steroid dienone is 2. The van der Waals surface area contributed by atoms with Crippen LogP contribution in [-0.2, 0) is 0 Å². The van der Waals surface area contributed by atoms with E-state index in [-0.39, 0.29) is 6.03 Å². The maximum Gasteiger partial charge on any atom is 0.326 e. The molecule has 1 atom stereocenters. The van der Waals surface area contributed by atoms with Gasteiger partial charge in [-0.1, -0.05) is 23.8 Å². The molecule has 1 unspecified atom stereocenters. The maximum atomic E-state index is 12.2. The van der Waals surface area contributed by atoms with Crippen LogP contribution < -0.4 is 5.32 Å². The highest BCUT2D eigenvalue weighted by atomic mass is 16.2. The molecule has 18 heavy (non-hydrogen) atoms. The van der Waals surface area contributed by atoms with Gasteiger partial charge < -0.3 is 5.32 Å². The number of urea groups is 1. The van der Waals surface area contributed by atoms with Crippen molar-refractivity contribution in [2.75, 3.05) is 11.9 Å². The van der Waals surface area contributed by atoms with E-state index in [1.807, 2.05) is 36.1 Å². The lowest BCUT2D eigenvalue weighted by atomic mass is 10.1. The van der Waals surface area contributed by atoms with Gasteiger partial charge in [0.1, 0.15) is 0 Å². The number of nitrogens with zero attached hydrogens (tertiary/aromatic N) is 1. The quantitative estimate of drug-likeness (QED) is 0.802. The van der Waals surface area contributed by atoms with Crippen molar-refractivity contribution >= 4 is 11.7 Å². The second-order valence-corrected chi connectivity index (χ2v) is 5.14. The van der Waals surface area contributed by atoms with Crippen LogP contribution in [0, 0.1) is 12.8 Å². The lowest BCUT2D eigenvalue weighted by molar-refractivity contribution is 0.229. The van der Waals surface area contributed by atoms with Gasteiger partial charge in [0.15, 0.2) is 0 Å². The van der Waals surface area contributed by atoms with Crippen LogP contribution >= 0.6 is 0 Å². The smallest absolute Gasteiger partial charge is 0.308 e. The molecular formula is C15H18N2O. The maximum absolute atomic E-state index is 12.2. The highest BCUT2D eigenvalue weighted by Crippen LogP contribution is 2.37. The molecule has 3 nitrogen and oxygen atoms in total. The monoisotopic (exact) mass is 242 g/mol. The molecule has 1 heterocycles. The zero-order valence-electron chi connectivity index (χ0n) is 10.6. The Morgan fingerprint density at radius 2 is 2.06 bits per heavy atom. The van der Waals surface area contributed by atoms with Gasteiger partial charge in [-0.15, -0.1) is 0 Å². The van der Waals surface area contributed by atoms with Crippen LogP contribution in [0.5, 0.6) is 0 Å². The number of aryl methyl sites for hydroxylation is 1. The molecule has 0 aromatic heterocycles. The summed E-state index contributed by atoms with van der Waals surface area (Å²) >= 11 is 0. The Labute approximate surface area is 107 Å². The first-order valence-corrected chi connectivity index (χ1v) is 6.59. The topological polar surface area (TPSA) is 32.3 Å². The standard InChI is InChI=1S/C15H18N2O/c1-11-5-7-13(8-6-11)16-15(18)17-10-9-12-3-2-4-14(12)17/h4-8,12H,2-3,9-10H2,1H3,(H,16,18). The summed E-state index contributed by atoms with van der Waals surface area (Å²) in [6, 6.07) is 7.93. The van der Waals surface area contributed by atoms with Crippen molar-refractivity contribution < 1.29 is 4.79 Å². The Morgan fingerprint density at radius 3 is 2.83 bits per heavy atom. The third-order valence-corrected chi connectivity index (χ3v) is 3.85. The fraction of sp³-hybridized carbons (Fsp3) is 0.400. The van der Waals surface area contributed by atoms with Crippen LogP contribution in [0.3, 0.4) is 0 Å². The van der Waals surface area contributed by atoms with Crippen LogP contribution in [0.15, 0.2) is 36.0 Å². The molecule has 2 amide bonds.